The Morgan fingerprint density at radius 3 is 2.67 bits per heavy atom. The summed E-state index contributed by atoms with van der Waals surface area (Å²) in [5.74, 6) is 5.27. The van der Waals surface area contributed by atoms with Gasteiger partial charge in [0.25, 0.3) is 0 Å². The maximum Gasteiger partial charge on any atom is 0.433 e. The highest BCUT2D eigenvalue weighted by Crippen LogP contribution is 2.27. The van der Waals surface area contributed by atoms with Gasteiger partial charge in [0.1, 0.15) is 11.4 Å². The van der Waals surface area contributed by atoms with E-state index in [4.69, 9.17) is 0 Å². The molecule has 0 radical (unpaired) electrons. The topological polar surface area (TPSA) is 12.9 Å². The van der Waals surface area contributed by atoms with Gasteiger partial charge in [0.05, 0.1) is 0 Å². The fraction of sp³-hybridized carbons (Fsp3) is 0.300. The van der Waals surface area contributed by atoms with Crippen LogP contribution in [0.1, 0.15) is 17.8 Å². The molecule has 0 spiro atoms. The Morgan fingerprint density at radius 2 is 2.07 bits per heavy atom. The molecule has 80 valence electrons. The fourth-order valence-electron chi connectivity index (χ4n) is 0.863. The molecule has 0 aliphatic rings. The van der Waals surface area contributed by atoms with Crippen LogP contribution >= 0.6 is 15.9 Å². The molecule has 0 saturated carbocycles. The minimum Gasteiger partial charge on any atom is -0.235 e. The summed E-state index contributed by atoms with van der Waals surface area (Å²) in [5, 5.41) is 0.693. The normalized spacial score (nSPS) is 10.7. The van der Waals surface area contributed by atoms with Crippen LogP contribution < -0.4 is 0 Å². The van der Waals surface area contributed by atoms with Crippen molar-refractivity contribution in [3.05, 3.63) is 29.6 Å². The van der Waals surface area contributed by atoms with Crippen LogP contribution in [0.4, 0.5) is 13.2 Å². The first kappa shape index (κ1) is 12.1. The first-order valence-corrected chi connectivity index (χ1v) is 5.25. The molecule has 0 saturated heterocycles. The number of alkyl halides is 4. The lowest BCUT2D eigenvalue weighted by Crippen LogP contribution is -2.08. The number of nitrogens with zero attached hydrogens (tertiary/aromatic N) is 1. The summed E-state index contributed by atoms with van der Waals surface area (Å²) in [6.45, 7) is 0. The lowest BCUT2D eigenvalue weighted by molar-refractivity contribution is -0.141. The Hall–Kier alpha value is -1.02. The van der Waals surface area contributed by atoms with Crippen molar-refractivity contribution >= 4 is 15.9 Å². The average Bonchev–Trinajstić information content (AvgIpc) is 2.17. The van der Waals surface area contributed by atoms with E-state index in [9.17, 15) is 13.2 Å². The lowest BCUT2D eigenvalue weighted by Gasteiger charge is -2.04. The Bertz CT molecular complexity index is 390. The Balaban J connectivity index is 2.90. The van der Waals surface area contributed by atoms with Crippen LogP contribution in [-0.2, 0) is 6.18 Å². The highest BCUT2D eigenvalue weighted by molar-refractivity contribution is 9.09. The third-order valence-electron chi connectivity index (χ3n) is 1.48. The standard InChI is InChI=1S/C10H7BrF3N/c11-7-2-1-4-8-5-3-6-9(15-8)10(12,13)14/h3,5-6H,2,7H2. The zero-order valence-corrected chi connectivity index (χ0v) is 9.19. The third-order valence-corrected chi connectivity index (χ3v) is 1.87. The van der Waals surface area contributed by atoms with Gasteiger partial charge in [-0.3, -0.25) is 0 Å². The van der Waals surface area contributed by atoms with Gasteiger partial charge in [0, 0.05) is 11.8 Å². The summed E-state index contributed by atoms with van der Waals surface area (Å²) in [4.78, 5) is 3.40. The molecular formula is C10H7BrF3N. The zero-order valence-electron chi connectivity index (χ0n) is 7.61. The van der Waals surface area contributed by atoms with Crippen LogP contribution in [0.3, 0.4) is 0 Å². The van der Waals surface area contributed by atoms with E-state index < -0.39 is 11.9 Å². The van der Waals surface area contributed by atoms with Crippen molar-refractivity contribution in [2.24, 2.45) is 0 Å². The quantitative estimate of drug-likeness (QED) is 0.567. The van der Waals surface area contributed by atoms with E-state index >= 15 is 0 Å². The number of halogens is 4. The minimum absolute atomic E-state index is 0.144. The summed E-state index contributed by atoms with van der Waals surface area (Å²) in [7, 11) is 0. The molecule has 0 amide bonds. The predicted molar refractivity (Wildman–Crippen MR) is 54.5 cm³/mol. The molecule has 1 rings (SSSR count). The molecule has 15 heavy (non-hydrogen) atoms. The average molecular weight is 278 g/mol. The Labute approximate surface area is 93.8 Å². The van der Waals surface area contributed by atoms with Gasteiger partial charge in [-0.1, -0.05) is 27.9 Å². The summed E-state index contributed by atoms with van der Waals surface area (Å²) >= 11 is 3.17. The van der Waals surface area contributed by atoms with Crippen LogP contribution in [0.5, 0.6) is 0 Å². The van der Waals surface area contributed by atoms with Gasteiger partial charge in [-0.25, -0.2) is 4.98 Å². The van der Waals surface area contributed by atoms with Gasteiger partial charge in [0.15, 0.2) is 0 Å². The first-order valence-electron chi connectivity index (χ1n) is 4.13. The van der Waals surface area contributed by atoms with Crippen molar-refractivity contribution in [3.8, 4) is 11.8 Å². The van der Waals surface area contributed by atoms with E-state index in [-0.39, 0.29) is 5.69 Å². The molecule has 0 aliphatic carbocycles. The van der Waals surface area contributed by atoms with Crippen LogP contribution in [0, 0.1) is 11.8 Å². The van der Waals surface area contributed by atoms with E-state index in [1.165, 1.54) is 12.1 Å². The molecule has 0 bridgehead atoms. The molecule has 0 aliphatic heterocycles. The molecule has 1 aromatic rings. The summed E-state index contributed by atoms with van der Waals surface area (Å²) in [6.07, 6.45) is -3.83. The van der Waals surface area contributed by atoms with Crippen molar-refractivity contribution in [1.29, 1.82) is 0 Å². The van der Waals surface area contributed by atoms with Gasteiger partial charge in [0.2, 0.25) is 0 Å². The second kappa shape index (κ2) is 5.17. The smallest absolute Gasteiger partial charge is 0.235 e. The Kier molecular flexibility index (Phi) is 4.15. The van der Waals surface area contributed by atoms with E-state index in [0.717, 1.165) is 6.07 Å². The minimum atomic E-state index is -4.41. The predicted octanol–water partition coefficient (Wildman–Crippen LogP) is 3.24. The number of pyridine rings is 1. The van der Waals surface area contributed by atoms with Gasteiger partial charge in [-0.2, -0.15) is 13.2 Å². The van der Waals surface area contributed by atoms with Gasteiger partial charge in [-0.05, 0) is 18.1 Å². The second-order valence-electron chi connectivity index (χ2n) is 2.65. The molecule has 0 atom stereocenters. The van der Waals surface area contributed by atoms with E-state index in [1.54, 1.807) is 0 Å². The van der Waals surface area contributed by atoms with E-state index in [0.29, 0.717) is 11.8 Å². The maximum absolute atomic E-state index is 12.2. The van der Waals surface area contributed by atoms with Crippen molar-refractivity contribution in [3.63, 3.8) is 0 Å². The highest BCUT2D eigenvalue weighted by atomic mass is 79.9. The third kappa shape index (κ3) is 3.92. The molecule has 5 heteroatoms. The molecular weight excluding hydrogens is 271 g/mol. The van der Waals surface area contributed by atoms with Crippen molar-refractivity contribution in [2.45, 2.75) is 12.6 Å². The zero-order chi connectivity index (χ0) is 11.3. The lowest BCUT2D eigenvalue weighted by atomic mass is 10.3. The first-order chi connectivity index (χ1) is 7.04. The van der Waals surface area contributed by atoms with E-state index in [1.807, 2.05) is 0 Å². The van der Waals surface area contributed by atoms with Crippen molar-refractivity contribution in [2.75, 3.05) is 5.33 Å². The van der Waals surface area contributed by atoms with Crippen molar-refractivity contribution in [1.82, 2.24) is 4.98 Å². The monoisotopic (exact) mass is 277 g/mol. The number of hydrogen-bond acceptors (Lipinski definition) is 1. The molecule has 0 N–H and O–H groups in total. The summed E-state index contributed by atoms with van der Waals surface area (Å²) < 4.78 is 36.7. The maximum atomic E-state index is 12.2. The van der Waals surface area contributed by atoms with Crippen molar-refractivity contribution < 1.29 is 13.2 Å². The largest absolute Gasteiger partial charge is 0.433 e. The van der Waals surface area contributed by atoms with Gasteiger partial charge < -0.3 is 0 Å². The Morgan fingerprint density at radius 1 is 1.33 bits per heavy atom. The molecule has 0 unspecified atom stereocenters. The van der Waals surface area contributed by atoms with Crippen LogP contribution in [-0.4, -0.2) is 10.3 Å². The fourth-order valence-corrected chi connectivity index (χ4v) is 1.06. The highest BCUT2D eigenvalue weighted by Gasteiger charge is 2.32. The SMILES string of the molecule is FC(F)(F)c1cccc(C#CCCBr)n1. The molecule has 0 fully saturated rings. The van der Waals surface area contributed by atoms with Crippen LogP contribution in [0.25, 0.3) is 0 Å². The molecule has 1 aromatic heterocycles. The number of rotatable bonds is 1. The van der Waals surface area contributed by atoms with Crippen LogP contribution in [0.2, 0.25) is 0 Å². The van der Waals surface area contributed by atoms with Gasteiger partial charge >= 0.3 is 6.18 Å². The molecule has 0 aromatic carbocycles. The summed E-state index contributed by atoms with van der Waals surface area (Å²) in [5.41, 5.74) is -0.765. The molecule has 1 nitrogen and oxygen atoms in total. The van der Waals surface area contributed by atoms with Crippen LogP contribution in [0.15, 0.2) is 18.2 Å². The molecule has 1 heterocycles. The van der Waals surface area contributed by atoms with E-state index in [2.05, 4.69) is 32.8 Å². The summed E-state index contributed by atoms with van der Waals surface area (Å²) in [6, 6.07) is 3.68. The number of hydrogen-bond donors (Lipinski definition) is 0. The second-order valence-corrected chi connectivity index (χ2v) is 3.44. The van der Waals surface area contributed by atoms with Gasteiger partial charge in [-0.15, -0.1) is 0 Å². The number of aromatic nitrogens is 1.